The molecule has 0 radical (unpaired) electrons. The first-order chi connectivity index (χ1) is 17.4. The van der Waals surface area contributed by atoms with Gasteiger partial charge in [-0.25, -0.2) is 4.39 Å². The summed E-state index contributed by atoms with van der Waals surface area (Å²) in [6.07, 6.45) is 3.97. The second-order valence-corrected chi connectivity index (χ2v) is 9.44. The Bertz CT molecular complexity index is 1100. The van der Waals surface area contributed by atoms with Crippen LogP contribution in [0.2, 0.25) is 0 Å². The molecular weight excluding hydrogens is 459 g/mol. The van der Waals surface area contributed by atoms with Crippen molar-refractivity contribution in [2.45, 2.75) is 39.5 Å². The van der Waals surface area contributed by atoms with Gasteiger partial charge in [0.1, 0.15) is 5.82 Å². The van der Waals surface area contributed by atoms with Crippen LogP contribution in [0.15, 0.2) is 42.5 Å². The van der Waals surface area contributed by atoms with E-state index in [1.807, 2.05) is 26.0 Å². The highest BCUT2D eigenvalue weighted by atomic mass is 19.1. The predicted octanol–water partition coefficient (Wildman–Crippen LogP) is 4.40. The average molecular weight is 495 g/mol. The topological polar surface area (TPSA) is 73.0 Å². The molecule has 7 nitrogen and oxygen atoms in total. The number of hydrogen-bond acceptors (Lipinski definition) is 4. The van der Waals surface area contributed by atoms with Crippen molar-refractivity contribution in [3.8, 4) is 0 Å². The molecule has 0 bridgehead atoms. The molecule has 0 atom stereocenters. The van der Waals surface area contributed by atoms with Crippen molar-refractivity contribution in [2.24, 2.45) is 5.92 Å². The van der Waals surface area contributed by atoms with E-state index in [1.54, 1.807) is 28.0 Å². The second-order valence-electron chi connectivity index (χ2n) is 9.44. The summed E-state index contributed by atoms with van der Waals surface area (Å²) in [5.41, 5.74) is 2.02. The minimum absolute atomic E-state index is 0.0155. The van der Waals surface area contributed by atoms with E-state index in [2.05, 4.69) is 10.2 Å². The lowest BCUT2D eigenvalue weighted by molar-refractivity contribution is -0.119. The maximum atomic E-state index is 14.1. The van der Waals surface area contributed by atoms with Crippen molar-refractivity contribution in [1.29, 1.82) is 0 Å². The van der Waals surface area contributed by atoms with E-state index in [-0.39, 0.29) is 29.2 Å². The van der Waals surface area contributed by atoms with E-state index in [0.29, 0.717) is 50.5 Å². The van der Waals surface area contributed by atoms with Crippen LogP contribution in [0.1, 0.15) is 60.2 Å². The number of nitrogens with zero attached hydrogens (tertiary/aromatic N) is 3. The summed E-state index contributed by atoms with van der Waals surface area (Å²) in [7, 11) is 0. The molecule has 1 saturated carbocycles. The molecule has 0 aromatic heterocycles. The molecule has 0 spiro atoms. The Kier molecular flexibility index (Phi) is 8.23. The molecule has 2 fully saturated rings. The molecule has 1 aliphatic heterocycles. The molecule has 1 heterocycles. The zero-order valence-electron chi connectivity index (χ0n) is 21.1. The van der Waals surface area contributed by atoms with Crippen LogP contribution in [-0.4, -0.2) is 66.8 Å². The number of nitrogens with one attached hydrogen (secondary N) is 1. The molecule has 0 unspecified atom stereocenters. The SMILES string of the molecule is CCN(CC)C(=O)c1cc(NC(=O)C2CCCC2)ccc1N1CCN(C(=O)c2ccccc2F)CC1. The Hall–Kier alpha value is -3.42. The Labute approximate surface area is 212 Å². The van der Waals surface area contributed by atoms with Crippen molar-refractivity contribution in [3.63, 3.8) is 0 Å². The predicted molar refractivity (Wildman–Crippen MR) is 139 cm³/mol. The highest BCUT2D eigenvalue weighted by Gasteiger charge is 2.28. The summed E-state index contributed by atoms with van der Waals surface area (Å²) in [5.74, 6) is -0.880. The molecule has 36 heavy (non-hydrogen) atoms. The Morgan fingerprint density at radius 2 is 1.61 bits per heavy atom. The van der Waals surface area contributed by atoms with Gasteiger partial charge >= 0.3 is 0 Å². The van der Waals surface area contributed by atoms with Crippen molar-refractivity contribution in [1.82, 2.24) is 9.80 Å². The molecule has 1 aliphatic carbocycles. The van der Waals surface area contributed by atoms with E-state index in [1.165, 1.54) is 12.1 Å². The summed E-state index contributed by atoms with van der Waals surface area (Å²) < 4.78 is 14.1. The summed E-state index contributed by atoms with van der Waals surface area (Å²) in [6.45, 7) is 6.94. The van der Waals surface area contributed by atoms with Crippen LogP contribution in [0.5, 0.6) is 0 Å². The first-order valence-electron chi connectivity index (χ1n) is 13.0. The molecule has 4 rings (SSSR count). The zero-order chi connectivity index (χ0) is 25.7. The molecule has 1 N–H and O–H groups in total. The molecule has 2 aliphatic rings. The maximum Gasteiger partial charge on any atom is 0.256 e. The average Bonchev–Trinajstić information content (AvgIpc) is 3.45. The van der Waals surface area contributed by atoms with E-state index in [4.69, 9.17) is 0 Å². The van der Waals surface area contributed by atoms with Gasteiger partial charge in [0, 0.05) is 56.6 Å². The third kappa shape index (κ3) is 5.53. The first-order valence-corrected chi connectivity index (χ1v) is 13.0. The Morgan fingerprint density at radius 3 is 2.25 bits per heavy atom. The molecule has 192 valence electrons. The second kappa shape index (κ2) is 11.5. The lowest BCUT2D eigenvalue weighted by atomic mass is 10.1. The van der Waals surface area contributed by atoms with Crippen molar-refractivity contribution in [3.05, 3.63) is 59.4 Å². The van der Waals surface area contributed by atoms with Crippen molar-refractivity contribution in [2.75, 3.05) is 49.5 Å². The third-order valence-electron chi connectivity index (χ3n) is 7.28. The minimum atomic E-state index is -0.521. The van der Waals surface area contributed by atoms with Gasteiger partial charge in [0.05, 0.1) is 11.1 Å². The maximum absolute atomic E-state index is 14.1. The Morgan fingerprint density at radius 1 is 0.944 bits per heavy atom. The number of hydrogen-bond donors (Lipinski definition) is 1. The van der Waals surface area contributed by atoms with Gasteiger partial charge in [-0.15, -0.1) is 0 Å². The monoisotopic (exact) mass is 494 g/mol. The van der Waals surface area contributed by atoms with Gasteiger partial charge in [0.15, 0.2) is 0 Å². The minimum Gasteiger partial charge on any atom is -0.367 e. The third-order valence-corrected chi connectivity index (χ3v) is 7.28. The summed E-state index contributed by atoms with van der Waals surface area (Å²) in [6, 6.07) is 11.5. The van der Waals surface area contributed by atoms with Crippen LogP contribution in [-0.2, 0) is 4.79 Å². The van der Waals surface area contributed by atoms with Crippen LogP contribution in [0.25, 0.3) is 0 Å². The van der Waals surface area contributed by atoms with Gasteiger partial charge in [0.2, 0.25) is 5.91 Å². The van der Waals surface area contributed by atoms with Crippen LogP contribution in [0, 0.1) is 11.7 Å². The number of halogens is 1. The summed E-state index contributed by atoms with van der Waals surface area (Å²) in [4.78, 5) is 44.5. The normalized spacial score (nSPS) is 16.2. The number of carbonyl (C=O) groups excluding carboxylic acids is 3. The van der Waals surface area contributed by atoms with E-state index >= 15 is 0 Å². The van der Waals surface area contributed by atoms with E-state index < -0.39 is 5.82 Å². The standard InChI is InChI=1S/C28H35FN4O3/c1-3-31(4-2)28(36)23-19-21(30-26(34)20-9-5-6-10-20)13-14-25(23)32-15-17-33(18-16-32)27(35)22-11-7-8-12-24(22)29/h7-8,11-14,19-20H,3-6,9-10,15-18H2,1-2H3,(H,30,34). The van der Waals surface area contributed by atoms with Gasteiger partial charge in [-0.1, -0.05) is 25.0 Å². The molecule has 3 amide bonds. The number of rotatable bonds is 7. The number of piperazine rings is 1. The number of benzene rings is 2. The van der Waals surface area contributed by atoms with Crippen LogP contribution >= 0.6 is 0 Å². The first kappa shape index (κ1) is 25.7. The van der Waals surface area contributed by atoms with Crippen LogP contribution in [0.3, 0.4) is 0 Å². The van der Waals surface area contributed by atoms with E-state index in [9.17, 15) is 18.8 Å². The lowest BCUT2D eigenvalue weighted by Crippen LogP contribution is -2.49. The van der Waals surface area contributed by atoms with Gasteiger partial charge < -0.3 is 20.0 Å². The zero-order valence-corrected chi connectivity index (χ0v) is 21.1. The molecule has 2 aromatic rings. The molecule has 1 saturated heterocycles. The molecule has 8 heteroatoms. The molecular formula is C28H35FN4O3. The van der Waals surface area contributed by atoms with Gasteiger partial charge in [-0.05, 0) is 57.0 Å². The fourth-order valence-electron chi connectivity index (χ4n) is 5.13. The number of carbonyl (C=O) groups is 3. The van der Waals surface area contributed by atoms with Crippen molar-refractivity contribution >= 4 is 29.1 Å². The Balaban J connectivity index is 1.53. The highest BCUT2D eigenvalue weighted by Crippen LogP contribution is 2.30. The lowest BCUT2D eigenvalue weighted by Gasteiger charge is -2.37. The van der Waals surface area contributed by atoms with Gasteiger partial charge in [-0.3, -0.25) is 14.4 Å². The fourth-order valence-corrected chi connectivity index (χ4v) is 5.13. The van der Waals surface area contributed by atoms with Gasteiger partial charge in [-0.2, -0.15) is 0 Å². The molecule has 2 aromatic carbocycles. The van der Waals surface area contributed by atoms with Crippen LogP contribution < -0.4 is 10.2 Å². The summed E-state index contributed by atoms with van der Waals surface area (Å²) >= 11 is 0. The number of anilines is 2. The highest BCUT2D eigenvalue weighted by molar-refractivity contribution is 6.02. The quantitative estimate of drug-likeness (QED) is 0.619. The van der Waals surface area contributed by atoms with Gasteiger partial charge in [0.25, 0.3) is 11.8 Å². The van der Waals surface area contributed by atoms with Crippen molar-refractivity contribution < 1.29 is 18.8 Å². The summed E-state index contributed by atoms with van der Waals surface area (Å²) in [5, 5.41) is 3.01. The fraction of sp³-hybridized carbons (Fsp3) is 0.464. The smallest absolute Gasteiger partial charge is 0.256 e. The van der Waals surface area contributed by atoms with Crippen LogP contribution in [0.4, 0.5) is 15.8 Å². The largest absolute Gasteiger partial charge is 0.367 e. The van der Waals surface area contributed by atoms with E-state index in [0.717, 1.165) is 31.4 Å². The number of amides is 3.